The monoisotopic (exact) mass is 395 g/mol. The highest BCUT2D eigenvalue weighted by Gasteiger charge is 2.38. The average molecular weight is 396 g/mol. The number of nitrogens with zero attached hydrogens (tertiary/aromatic N) is 1. The van der Waals surface area contributed by atoms with Gasteiger partial charge in [0.15, 0.2) is 21.3 Å². The largest absolute Gasteiger partial charge is 0.493 e. The van der Waals surface area contributed by atoms with Crippen LogP contribution in [0, 0.1) is 5.92 Å². The van der Waals surface area contributed by atoms with Crippen LogP contribution in [0.5, 0.6) is 11.5 Å². The van der Waals surface area contributed by atoms with E-state index in [0.717, 1.165) is 44.2 Å². The summed E-state index contributed by atoms with van der Waals surface area (Å²) in [6.07, 6.45) is 5.29. The second kappa shape index (κ2) is 8.50. The van der Waals surface area contributed by atoms with Crippen LogP contribution in [0.4, 0.5) is 0 Å². The van der Waals surface area contributed by atoms with Crippen molar-refractivity contribution in [1.82, 2.24) is 4.90 Å². The van der Waals surface area contributed by atoms with Crippen LogP contribution in [0.1, 0.15) is 37.7 Å². The van der Waals surface area contributed by atoms with Crippen LogP contribution in [0.2, 0.25) is 0 Å². The van der Waals surface area contributed by atoms with E-state index in [9.17, 15) is 13.2 Å². The average Bonchev–Trinajstić information content (AvgIpc) is 3.05. The fourth-order valence-corrected chi connectivity index (χ4v) is 5.92. The van der Waals surface area contributed by atoms with Gasteiger partial charge in [0, 0.05) is 12.6 Å². The maximum atomic E-state index is 12.9. The van der Waals surface area contributed by atoms with E-state index in [1.807, 2.05) is 23.1 Å². The fourth-order valence-electron chi connectivity index (χ4n) is 4.18. The number of hydrogen-bond donors (Lipinski definition) is 0. The van der Waals surface area contributed by atoms with Crippen LogP contribution >= 0.6 is 0 Å². The van der Waals surface area contributed by atoms with Crippen molar-refractivity contribution in [3.05, 3.63) is 23.8 Å². The molecule has 2 fully saturated rings. The quantitative estimate of drug-likeness (QED) is 0.740. The van der Waals surface area contributed by atoms with Gasteiger partial charge < -0.3 is 14.4 Å². The van der Waals surface area contributed by atoms with Crippen LogP contribution in [-0.4, -0.2) is 57.5 Å². The van der Waals surface area contributed by atoms with Gasteiger partial charge >= 0.3 is 0 Å². The lowest BCUT2D eigenvalue weighted by Gasteiger charge is -2.37. The Labute approximate surface area is 161 Å². The first kappa shape index (κ1) is 20.0. The van der Waals surface area contributed by atoms with Crippen molar-refractivity contribution < 1.29 is 22.7 Å². The zero-order chi connectivity index (χ0) is 19.4. The molecule has 2 atom stereocenters. The lowest BCUT2D eigenvalue weighted by Crippen LogP contribution is -2.47. The van der Waals surface area contributed by atoms with Crippen LogP contribution in [-0.2, 0) is 21.1 Å². The standard InChI is InChI=1S/C20H29NO5S/c1-25-18-9-7-15(13-19(18)26-2)6-8-17-5-3-4-11-21(17)20(22)16-10-12-27(23,24)14-16/h7,9,13,16-17H,3-6,8,10-12,14H2,1-2H3. The Balaban J connectivity index is 1.65. The van der Waals surface area contributed by atoms with Gasteiger partial charge in [0.2, 0.25) is 5.91 Å². The van der Waals surface area contributed by atoms with Crippen molar-refractivity contribution in [2.45, 2.75) is 44.6 Å². The van der Waals surface area contributed by atoms with Crippen molar-refractivity contribution in [2.24, 2.45) is 5.92 Å². The molecule has 6 nitrogen and oxygen atoms in total. The smallest absolute Gasteiger partial charge is 0.226 e. The topological polar surface area (TPSA) is 72.9 Å². The molecule has 2 saturated heterocycles. The Morgan fingerprint density at radius 2 is 1.93 bits per heavy atom. The summed E-state index contributed by atoms with van der Waals surface area (Å²) in [7, 11) is 0.202. The molecular formula is C20H29NO5S. The molecule has 3 rings (SSSR count). The minimum Gasteiger partial charge on any atom is -0.493 e. The zero-order valence-corrected chi connectivity index (χ0v) is 17.0. The molecule has 0 aromatic heterocycles. The van der Waals surface area contributed by atoms with E-state index in [0.29, 0.717) is 17.9 Å². The number of benzene rings is 1. The maximum absolute atomic E-state index is 12.9. The normalized spacial score (nSPS) is 24.6. The summed E-state index contributed by atoms with van der Waals surface area (Å²) in [4.78, 5) is 14.9. The summed E-state index contributed by atoms with van der Waals surface area (Å²) in [6, 6.07) is 6.10. The highest BCUT2D eigenvalue weighted by atomic mass is 32.2. The molecule has 0 spiro atoms. The third-order valence-electron chi connectivity index (χ3n) is 5.71. The first-order valence-electron chi connectivity index (χ1n) is 9.65. The molecule has 1 amide bonds. The molecule has 1 aromatic carbocycles. The number of methoxy groups -OCH3 is 2. The molecule has 0 bridgehead atoms. The number of rotatable bonds is 6. The summed E-state index contributed by atoms with van der Waals surface area (Å²) >= 11 is 0. The van der Waals surface area contributed by atoms with E-state index in [1.54, 1.807) is 14.2 Å². The van der Waals surface area contributed by atoms with Gasteiger partial charge in [0.1, 0.15) is 0 Å². The maximum Gasteiger partial charge on any atom is 0.226 e. The number of piperidine rings is 1. The van der Waals surface area contributed by atoms with Crippen LogP contribution in [0.15, 0.2) is 18.2 Å². The summed E-state index contributed by atoms with van der Waals surface area (Å²) < 4.78 is 34.1. The van der Waals surface area contributed by atoms with Crippen LogP contribution < -0.4 is 9.47 Å². The molecule has 0 aliphatic carbocycles. The van der Waals surface area contributed by atoms with Gasteiger partial charge in [0.25, 0.3) is 0 Å². The van der Waals surface area contributed by atoms with Gasteiger partial charge in [0.05, 0.1) is 31.6 Å². The van der Waals surface area contributed by atoms with Crippen molar-refractivity contribution in [1.29, 1.82) is 0 Å². The number of ether oxygens (including phenoxy) is 2. The molecule has 27 heavy (non-hydrogen) atoms. The third-order valence-corrected chi connectivity index (χ3v) is 7.47. The molecule has 7 heteroatoms. The lowest BCUT2D eigenvalue weighted by atomic mass is 9.94. The number of likely N-dealkylation sites (tertiary alicyclic amines) is 1. The van der Waals surface area contributed by atoms with E-state index in [2.05, 4.69) is 0 Å². The van der Waals surface area contributed by atoms with Crippen LogP contribution in [0.3, 0.4) is 0 Å². The van der Waals surface area contributed by atoms with Gasteiger partial charge in [-0.1, -0.05) is 6.07 Å². The van der Waals surface area contributed by atoms with Gasteiger partial charge in [-0.05, 0) is 56.2 Å². The van der Waals surface area contributed by atoms with Gasteiger partial charge in [-0.25, -0.2) is 8.42 Å². The number of aryl methyl sites for hydroxylation is 1. The van der Waals surface area contributed by atoms with Gasteiger partial charge in [-0.3, -0.25) is 4.79 Å². The molecule has 2 unspecified atom stereocenters. The van der Waals surface area contributed by atoms with Gasteiger partial charge in [-0.2, -0.15) is 0 Å². The molecular weight excluding hydrogens is 366 g/mol. The minimum atomic E-state index is -3.04. The Morgan fingerprint density at radius 3 is 2.59 bits per heavy atom. The first-order valence-corrected chi connectivity index (χ1v) is 11.5. The number of amides is 1. The van der Waals surface area contributed by atoms with E-state index in [4.69, 9.17) is 9.47 Å². The van der Waals surface area contributed by atoms with Crippen molar-refractivity contribution in [2.75, 3.05) is 32.3 Å². The van der Waals surface area contributed by atoms with Crippen molar-refractivity contribution in [3.63, 3.8) is 0 Å². The molecule has 1 aromatic rings. The minimum absolute atomic E-state index is 0.0186. The van der Waals surface area contributed by atoms with Crippen LogP contribution in [0.25, 0.3) is 0 Å². The Bertz CT molecular complexity index is 777. The number of sulfone groups is 1. The predicted octanol–water partition coefficient (Wildman–Crippen LogP) is 2.45. The van der Waals surface area contributed by atoms with E-state index in [-0.39, 0.29) is 29.4 Å². The summed E-state index contributed by atoms with van der Waals surface area (Å²) in [5, 5.41) is 0. The Morgan fingerprint density at radius 1 is 1.15 bits per heavy atom. The predicted molar refractivity (Wildman–Crippen MR) is 104 cm³/mol. The molecule has 0 saturated carbocycles. The highest BCUT2D eigenvalue weighted by Crippen LogP contribution is 2.30. The Hall–Kier alpha value is -1.76. The molecule has 0 radical (unpaired) electrons. The third kappa shape index (κ3) is 4.75. The van der Waals surface area contributed by atoms with Gasteiger partial charge in [-0.15, -0.1) is 0 Å². The number of carbonyl (C=O) groups excluding carboxylic acids is 1. The highest BCUT2D eigenvalue weighted by molar-refractivity contribution is 7.91. The molecule has 2 aliphatic heterocycles. The number of hydrogen-bond acceptors (Lipinski definition) is 5. The number of carbonyl (C=O) groups is 1. The van der Waals surface area contributed by atoms with E-state index >= 15 is 0 Å². The first-order chi connectivity index (χ1) is 12.9. The van der Waals surface area contributed by atoms with Crippen molar-refractivity contribution >= 4 is 15.7 Å². The second-order valence-corrected chi connectivity index (χ2v) is 9.74. The molecule has 150 valence electrons. The second-order valence-electron chi connectivity index (χ2n) is 7.51. The zero-order valence-electron chi connectivity index (χ0n) is 16.1. The summed E-state index contributed by atoms with van der Waals surface area (Å²) in [5.74, 6) is 1.27. The van der Waals surface area contributed by atoms with E-state index < -0.39 is 9.84 Å². The molecule has 2 heterocycles. The molecule has 2 aliphatic rings. The van der Waals surface area contributed by atoms with Crippen molar-refractivity contribution in [3.8, 4) is 11.5 Å². The fraction of sp³-hybridized carbons (Fsp3) is 0.650. The summed E-state index contributed by atoms with van der Waals surface area (Å²) in [5.41, 5.74) is 1.15. The Kier molecular flexibility index (Phi) is 6.29. The lowest BCUT2D eigenvalue weighted by molar-refractivity contribution is -0.138. The SMILES string of the molecule is COc1ccc(CCC2CCCCN2C(=O)C2CCS(=O)(=O)C2)cc1OC. The molecule has 0 N–H and O–H groups in total. The summed E-state index contributed by atoms with van der Waals surface area (Å²) in [6.45, 7) is 0.742. The van der Waals surface area contributed by atoms with E-state index in [1.165, 1.54) is 0 Å².